The third-order valence-corrected chi connectivity index (χ3v) is 12.2. The summed E-state index contributed by atoms with van der Waals surface area (Å²) in [7, 11) is 0. The maximum atomic E-state index is 13.5. The van der Waals surface area contributed by atoms with E-state index < -0.39 is 23.7 Å². The molecular weight excluding hydrogens is 709 g/mol. The predicted molar refractivity (Wildman–Crippen MR) is 201 cm³/mol. The van der Waals surface area contributed by atoms with E-state index in [0.717, 1.165) is 100 Å². The SMILES string of the molecule is N#Cc1ccc(N2CCC(c3ccc(N4CCC(CN5CCN(c6ccc7c(c6)CN(C6CCC(=O)NC6=O)C7=O)CC5)CC4)cn3)CC2)cc1C(F)(F)F. The number of hydrogen-bond acceptors (Lipinski definition) is 9. The average molecular weight is 755 g/mol. The molecule has 0 radical (unpaired) electrons. The number of fused-ring (bicyclic) bond motifs is 1. The number of carbonyl (C=O) groups excluding carboxylic acids is 3. The van der Waals surface area contributed by atoms with Crippen molar-refractivity contribution in [2.24, 2.45) is 5.92 Å². The van der Waals surface area contributed by atoms with Gasteiger partial charge >= 0.3 is 6.18 Å². The summed E-state index contributed by atoms with van der Waals surface area (Å²) in [4.78, 5) is 52.9. The number of nitrogens with zero attached hydrogens (tertiary/aromatic N) is 7. The van der Waals surface area contributed by atoms with E-state index in [-0.39, 0.29) is 29.7 Å². The van der Waals surface area contributed by atoms with Crippen molar-refractivity contribution >= 4 is 34.8 Å². The van der Waals surface area contributed by atoms with Crippen LogP contribution >= 0.6 is 0 Å². The molecule has 6 heterocycles. The fourth-order valence-electron chi connectivity index (χ4n) is 9.01. The summed E-state index contributed by atoms with van der Waals surface area (Å²) in [6, 6.07) is 15.3. The molecule has 1 atom stereocenters. The lowest BCUT2D eigenvalue weighted by atomic mass is 9.92. The first-order valence-corrected chi connectivity index (χ1v) is 19.4. The number of piperazine rings is 1. The number of imide groups is 1. The highest BCUT2D eigenvalue weighted by Gasteiger charge is 2.39. The molecule has 5 aliphatic rings. The first-order chi connectivity index (χ1) is 26.5. The van der Waals surface area contributed by atoms with Gasteiger partial charge in [-0.15, -0.1) is 0 Å². The van der Waals surface area contributed by atoms with Crippen LogP contribution in [0.3, 0.4) is 0 Å². The van der Waals surface area contributed by atoms with Gasteiger partial charge in [-0.05, 0) is 92.1 Å². The molecule has 1 unspecified atom stereocenters. The van der Waals surface area contributed by atoms with Crippen molar-refractivity contribution < 1.29 is 27.6 Å². The van der Waals surface area contributed by atoms with E-state index in [9.17, 15) is 27.6 Å². The molecule has 11 nitrogen and oxygen atoms in total. The van der Waals surface area contributed by atoms with E-state index in [1.165, 1.54) is 6.07 Å². The lowest BCUT2D eigenvalue weighted by Gasteiger charge is -2.40. The van der Waals surface area contributed by atoms with Crippen LogP contribution in [0.4, 0.5) is 30.2 Å². The maximum absolute atomic E-state index is 13.5. The number of carbonyl (C=O) groups is 3. The number of anilines is 3. The molecule has 0 spiro atoms. The van der Waals surface area contributed by atoms with Gasteiger partial charge in [-0.25, -0.2) is 0 Å². The molecule has 8 rings (SSSR count). The number of pyridine rings is 1. The summed E-state index contributed by atoms with van der Waals surface area (Å²) in [6.45, 7) is 8.46. The smallest absolute Gasteiger partial charge is 0.371 e. The van der Waals surface area contributed by atoms with Gasteiger partial charge in [0.05, 0.1) is 29.1 Å². The zero-order valence-electron chi connectivity index (χ0n) is 30.7. The van der Waals surface area contributed by atoms with Gasteiger partial charge in [-0.2, -0.15) is 18.4 Å². The molecule has 3 amide bonds. The molecule has 1 N–H and O–H groups in total. The molecule has 0 bridgehead atoms. The number of halogens is 3. The van der Waals surface area contributed by atoms with E-state index in [0.29, 0.717) is 43.2 Å². The molecule has 5 aliphatic heterocycles. The standard InChI is InChI=1S/C41H45F3N8O3/c42-41(43,44)35-22-32(2-1-29(35)23-45)49-15-11-28(12-16-49)36-6-4-33(24-46-36)50-13-9-27(10-14-50)25-48-17-19-51(20-18-48)31-3-5-34-30(21-31)26-52(40(34)55)37-7-8-38(53)47-39(37)54/h1-6,21-22,24,27-28,37H,7-20,25-26H2,(H,47,53,54). The van der Waals surface area contributed by atoms with Gasteiger partial charge in [-0.3, -0.25) is 29.6 Å². The normalized spacial score (nSPS) is 21.9. The van der Waals surface area contributed by atoms with Crippen molar-refractivity contribution in [1.82, 2.24) is 20.1 Å². The second kappa shape index (κ2) is 15.2. The van der Waals surface area contributed by atoms with Crippen LogP contribution in [0.25, 0.3) is 0 Å². The van der Waals surface area contributed by atoms with E-state index in [1.54, 1.807) is 17.0 Å². The van der Waals surface area contributed by atoms with Crippen LogP contribution in [-0.4, -0.2) is 97.4 Å². The van der Waals surface area contributed by atoms with Gasteiger partial charge in [0.1, 0.15) is 6.04 Å². The number of nitriles is 1. The zero-order valence-corrected chi connectivity index (χ0v) is 30.7. The molecule has 0 saturated carbocycles. The van der Waals surface area contributed by atoms with Gasteiger partial charge in [0, 0.05) is 100 Å². The molecule has 2 aromatic carbocycles. The average Bonchev–Trinajstić information content (AvgIpc) is 3.52. The Morgan fingerprint density at radius 3 is 2.11 bits per heavy atom. The van der Waals surface area contributed by atoms with Crippen molar-refractivity contribution in [3.8, 4) is 6.07 Å². The summed E-state index contributed by atoms with van der Waals surface area (Å²) < 4.78 is 40.5. The van der Waals surface area contributed by atoms with Crippen LogP contribution in [0.15, 0.2) is 54.7 Å². The number of nitrogens with one attached hydrogen (secondary N) is 1. The summed E-state index contributed by atoms with van der Waals surface area (Å²) in [5, 5.41) is 11.5. The van der Waals surface area contributed by atoms with Crippen LogP contribution < -0.4 is 20.0 Å². The Labute approximate surface area is 318 Å². The third-order valence-electron chi connectivity index (χ3n) is 12.2. The second-order valence-electron chi connectivity index (χ2n) is 15.5. The van der Waals surface area contributed by atoms with Gasteiger partial charge in [0.2, 0.25) is 11.8 Å². The van der Waals surface area contributed by atoms with Crippen molar-refractivity contribution in [3.63, 3.8) is 0 Å². The van der Waals surface area contributed by atoms with Crippen LogP contribution in [0.2, 0.25) is 0 Å². The summed E-state index contributed by atoms with van der Waals surface area (Å²) in [5.74, 6) is 0.0582. The van der Waals surface area contributed by atoms with Crippen molar-refractivity contribution in [2.45, 2.75) is 63.2 Å². The number of hydrogen-bond donors (Lipinski definition) is 1. The molecule has 4 fully saturated rings. The highest BCUT2D eigenvalue weighted by atomic mass is 19.4. The lowest BCUT2D eigenvalue weighted by Crippen LogP contribution is -2.52. The Morgan fingerprint density at radius 1 is 0.782 bits per heavy atom. The Hall–Kier alpha value is -5.16. The molecule has 288 valence electrons. The minimum absolute atomic E-state index is 0.146. The fourth-order valence-corrected chi connectivity index (χ4v) is 9.01. The largest absolute Gasteiger partial charge is 0.417 e. The molecule has 3 aromatic rings. The summed E-state index contributed by atoms with van der Waals surface area (Å²) >= 11 is 0. The van der Waals surface area contributed by atoms with Crippen molar-refractivity contribution in [2.75, 3.05) is 73.6 Å². The highest BCUT2D eigenvalue weighted by molar-refractivity contribution is 6.05. The number of alkyl halides is 3. The van der Waals surface area contributed by atoms with E-state index in [1.807, 2.05) is 23.2 Å². The van der Waals surface area contributed by atoms with Gasteiger partial charge < -0.3 is 19.6 Å². The van der Waals surface area contributed by atoms with Crippen LogP contribution in [0.1, 0.15) is 77.2 Å². The lowest BCUT2D eigenvalue weighted by molar-refractivity contribution is -0.138. The number of piperidine rings is 3. The van der Waals surface area contributed by atoms with Crippen LogP contribution in [0.5, 0.6) is 0 Å². The van der Waals surface area contributed by atoms with E-state index >= 15 is 0 Å². The Kier molecular flexibility index (Phi) is 10.1. The molecule has 1 aromatic heterocycles. The first-order valence-electron chi connectivity index (χ1n) is 19.4. The Bertz CT molecular complexity index is 1980. The number of rotatable bonds is 7. The minimum atomic E-state index is -4.57. The quantitative estimate of drug-likeness (QED) is 0.327. The van der Waals surface area contributed by atoms with Gasteiger partial charge in [0.25, 0.3) is 5.91 Å². The molecule has 14 heteroatoms. The Balaban J connectivity index is 0.774. The molecule has 55 heavy (non-hydrogen) atoms. The minimum Gasteiger partial charge on any atom is -0.371 e. The van der Waals surface area contributed by atoms with Crippen LogP contribution in [0, 0.1) is 17.2 Å². The van der Waals surface area contributed by atoms with Crippen molar-refractivity contribution in [1.29, 1.82) is 5.26 Å². The Morgan fingerprint density at radius 2 is 1.44 bits per heavy atom. The number of aromatic nitrogens is 1. The summed E-state index contributed by atoms with van der Waals surface area (Å²) in [5.41, 5.74) is 4.08. The van der Waals surface area contributed by atoms with Gasteiger partial charge in [-0.1, -0.05) is 0 Å². The predicted octanol–water partition coefficient (Wildman–Crippen LogP) is 5.16. The van der Waals surface area contributed by atoms with Gasteiger partial charge in [0.15, 0.2) is 0 Å². The first kappa shape index (κ1) is 36.8. The summed E-state index contributed by atoms with van der Waals surface area (Å²) in [6.07, 6.45) is 1.84. The maximum Gasteiger partial charge on any atom is 0.417 e. The third kappa shape index (κ3) is 7.72. The molecular formula is C41H45F3N8O3. The fraction of sp³-hybridized carbons (Fsp3) is 0.488. The van der Waals surface area contributed by atoms with E-state index in [4.69, 9.17) is 10.2 Å². The van der Waals surface area contributed by atoms with Crippen LogP contribution in [-0.2, 0) is 22.3 Å². The van der Waals surface area contributed by atoms with Crippen molar-refractivity contribution in [3.05, 3.63) is 82.7 Å². The topological polar surface area (TPSA) is 116 Å². The number of amides is 3. The van der Waals surface area contributed by atoms with E-state index in [2.05, 4.69) is 38.2 Å². The molecule has 4 saturated heterocycles. The zero-order chi connectivity index (χ0) is 38.3. The second-order valence-corrected chi connectivity index (χ2v) is 15.5. The molecule has 0 aliphatic carbocycles. The monoisotopic (exact) mass is 754 g/mol. The highest BCUT2D eigenvalue weighted by Crippen LogP contribution is 2.37. The number of benzene rings is 2.